The van der Waals surface area contributed by atoms with Crippen molar-refractivity contribution in [1.29, 1.82) is 0 Å². The predicted octanol–water partition coefficient (Wildman–Crippen LogP) is 3.12. The molecule has 4 aromatic rings. The summed E-state index contributed by atoms with van der Waals surface area (Å²) in [5, 5.41) is 14.0. The molecule has 0 radical (unpaired) electrons. The lowest BCUT2D eigenvalue weighted by molar-refractivity contribution is 0.417. The zero-order chi connectivity index (χ0) is 22.9. The van der Waals surface area contributed by atoms with Crippen molar-refractivity contribution >= 4 is 33.9 Å². The maximum Gasteiger partial charge on any atom is 0.227 e. The van der Waals surface area contributed by atoms with Crippen LogP contribution >= 0.6 is 0 Å². The van der Waals surface area contributed by atoms with E-state index in [1.54, 1.807) is 30.4 Å². The van der Waals surface area contributed by atoms with Crippen molar-refractivity contribution in [3.05, 3.63) is 54.7 Å². The standard InChI is InChI=1S/C22H25N7O2S/c1-22(2,32(23)30)10-18-20-15(7-8-24-18)11-25-21(28-20)27-17-6-5-14(9-19(17)31-4)16-12-26-29(3)13-16/h5-9,11-13H,10,23H2,1-4H3,(H,25,27,28). The van der Waals surface area contributed by atoms with Gasteiger partial charge in [0.1, 0.15) is 10.5 Å². The first-order valence-corrected chi connectivity index (χ1v) is 11.2. The van der Waals surface area contributed by atoms with Gasteiger partial charge in [0.05, 0.1) is 30.2 Å². The number of methoxy groups -OCH3 is 1. The predicted molar refractivity (Wildman–Crippen MR) is 126 cm³/mol. The van der Waals surface area contributed by atoms with E-state index in [1.807, 2.05) is 51.4 Å². The van der Waals surface area contributed by atoms with E-state index >= 15 is 0 Å². The fourth-order valence-electron chi connectivity index (χ4n) is 3.34. The van der Waals surface area contributed by atoms with E-state index in [-0.39, 0.29) is 0 Å². The van der Waals surface area contributed by atoms with Crippen LogP contribution in [-0.2, 0) is 24.8 Å². The van der Waals surface area contributed by atoms with E-state index in [9.17, 15) is 4.55 Å². The summed E-state index contributed by atoms with van der Waals surface area (Å²) in [5.74, 6) is 1.06. The van der Waals surface area contributed by atoms with Gasteiger partial charge in [-0.2, -0.15) is 10.2 Å². The average molecular weight is 452 g/mol. The third-order valence-corrected chi connectivity index (χ3v) is 6.43. The van der Waals surface area contributed by atoms with Gasteiger partial charge in [-0.05, 0) is 37.6 Å². The Labute approximate surface area is 189 Å². The van der Waals surface area contributed by atoms with Crippen molar-refractivity contribution in [2.45, 2.75) is 25.0 Å². The van der Waals surface area contributed by atoms with Crippen molar-refractivity contribution in [3.63, 3.8) is 0 Å². The Morgan fingerprint density at radius 2 is 2.00 bits per heavy atom. The number of rotatable bonds is 7. The molecule has 0 saturated carbocycles. The molecule has 1 atom stereocenters. The number of fused-ring (bicyclic) bond motifs is 1. The van der Waals surface area contributed by atoms with Gasteiger partial charge in [-0.1, -0.05) is 6.07 Å². The summed E-state index contributed by atoms with van der Waals surface area (Å²) in [7, 11) is 3.50. The van der Waals surface area contributed by atoms with Crippen molar-refractivity contribution in [1.82, 2.24) is 24.7 Å². The smallest absolute Gasteiger partial charge is 0.227 e. The van der Waals surface area contributed by atoms with Gasteiger partial charge in [-0.15, -0.1) is 0 Å². The van der Waals surface area contributed by atoms with E-state index in [4.69, 9.17) is 9.88 Å². The second kappa shape index (κ2) is 8.73. The first-order chi connectivity index (χ1) is 15.3. The molecule has 166 valence electrons. The summed E-state index contributed by atoms with van der Waals surface area (Å²) in [6, 6.07) is 7.68. The Kier molecular flexibility index (Phi) is 6.00. The first kappa shape index (κ1) is 22.0. The Morgan fingerprint density at radius 3 is 2.69 bits per heavy atom. The molecule has 4 rings (SSSR count). The lowest BCUT2D eigenvalue weighted by Gasteiger charge is -2.24. The van der Waals surface area contributed by atoms with Gasteiger partial charge in [0.15, 0.2) is 0 Å². The Balaban J connectivity index is 1.66. The van der Waals surface area contributed by atoms with E-state index in [0.717, 1.165) is 27.9 Å². The Hall–Kier alpha value is -3.21. The lowest BCUT2D eigenvalue weighted by Crippen LogP contribution is -2.40. The number of nitrogens with two attached hydrogens (primary N) is 1. The van der Waals surface area contributed by atoms with Crippen molar-refractivity contribution in [3.8, 4) is 16.9 Å². The third-order valence-electron chi connectivity index (χ3n) is 5.20. The lowest BCUT2D eigenvalue weighted by atomic mass is 10.0. The maximum absolute atomic E-state index is 11.9. The van der Waals surface area contributed by atoms with E-state index < -0.39 is 16.1 Å². The van der Waals surface area contributed by atoms with Gasteiger partial charge in [0.2, 0.25) is 5.95 Å². The van der Waals surface area contributed by atoms with Crippen molar-refractivity contribution in [2.75, 3.05) is 12.4 Å². The molecular weight excluding hydrogens is 426 g/mol. The van der Waals surface area contributed by atoms with Gasteiger partial charge < -0.3 is 14.6 Å². The monoisotopic (exact) mass is 451 g/mol. The average Bonchev–Trinajstić information content (AvgIpc) is 3.20. The number of ether oxygens (including phenoxy) is 1. The molecule has 3 heterocycles. The Morgan fingerprint density at radius 1 is 1.19 bits per heavy atom. The molecule has 0 aliphatic carbocycles. The quantitative estimate of drug-likeness (QED) is 0.410. The maximum atomic E-state index is 11.9. The second-order valence-corrected chi connectivity index (χ2v) is 9.77. The number of nitrogens with zero attached hydrogens (tertiary/aromatic N) is 5. The van der Waals surface area contributed by atoms with E-state index in [1.165, 1.54) is 0 Å². The zero-order valence-electron chi connectivity index (χ0n) is 18.4. The molecule has 3 N–H and O–H groups in total. The van der Waals surface area contributed by atoms with Gasteiger partial charge in [-0.3, -0.25) is 9.67 Å². The van der Waals surface area contributed by atoms with Crippen LogP contribution in [-0.4, -0.2) is 41.1 Å². The molecule has 0 bridgehead atoms. The molecule has 32 heavy (non-hydrogen) atoms. The van der Waals surface area contributed by atoms with Crippen LogP contribution in [0, 0.1) is 0 Å². The number of anilines is 2. The van der Waals surface area contributed by atoms with Gasteiger partial charge in [0.25, 0.3) is 0 Å². The second-order valence-electron chi connectivity index (χ2n) is 8.07. The minimum Gasteiger partial charge on any atom is -0.598 e. The molecule has 0 fully saturated rings. The van der Waals surface area contributed by atoms with Crippen molar-refractivity contribution in [2.24, 2.45) is 12.2 Å². The summed E-state index contributed by atoms with van der Waals surface area (Å²) in [6.07, 6.45) is 7.60. The fourth-order valence-corrected chi connectivity index (χ4v) is 3.62. The molecule has 1 aromatic carbocycles. The van der Waals surface area contributed by atoms with E-state index in [2.05, 4.69) is 25.4 Å². The molecule has 0 saturated heterocycles. The number of nitrogens with one attached hydrogen (secondary N) is 1. The van der Waals surface area contributed by atoms with Crippen LogP contribution in [0.4, 0.5) is 11.6 Å². The highest BCUT2D eigenvalue weighted by Gasteiger charge is 2.31. The molecule has 1 unspecified atom stereocenters. The number of aromatic nitrogens is 5. The highest BCUT2D eigenvalue weighted by molar-refractivity contribution is 7.90. The van der Waals surface area contributed by atoms with E-state index in [0.29, 0.717) is 23.6 Å². The number of pyridine rings is 1. The summed E-state index contributed by atoms with van der Waals surface area (Å²) < 4.78 is 18.6. The minimum atomic E-state index is -1.50. The first-order valence-electron chi connectivity index (χ1n) is 9.98. The largest absolute Gasteiger partial charge is 0.598 e. The normalized spacial score (nSPS) is 12.7. The zero-order valence-corrected chi connectivity index (χ0v) is 19.2. The van der Waals surface area contributed by atoms with Crippen LogP contribution in [0.1, 0.15) is 19.5 Å². The summed E-state index contributed by atoms with van der Waals surface area (Å²) in [5.41, 5.74) is 4.12. The van der Waals surface area contributed by atoms with Crippen LogP contribution in [0.25, 0.3) is 22.0 Å². The van der Waals surface area contributed by atoms with Gasteiger partial charge in [-0.25, -0.2) is 9.97 Å². The summed E-state index contributed by atoms with van der Waals surface area (Å²) >= 11 is -1.50. The highest BCUT2D eigenvalue weighted by Crippen LogP contribution is 2.32. The van der Waals surface area contributed by atoms with Gasteiger partial charge >= 0.3 is 0 Å². The molecular formula is C22H25N7O2S. The van der Waals surface area contributed by atoms with Crippen LogP contribution in [0.2, 0.25) is 0 Å². The molecule has 9 nitrogen and oxygen atoms in total. The van der Waals surface area contributed by atoms with Crippen LogP contribution in [0.3, 0.4) is 0 Å². The third kappa shape index (κ3) is 4.52. The molecule has 0 spiro atoms. The molecule has 3 aromatic heterocycles. The van der Waals surface area contributed by atoms with Crippen LogP contribution in [0.5, 0.6) is 5.75 Å². The SMILES string of the molecule is COc1cc(-c2cnn(C)c2)ccc1Nc1ncc2ccnc(CC(C)(C)[S+](N)[O-])c2n1. The molecule has 10 heteroatoms. The number of aryl methyl sites for hydroxylation is 1. The Bertz CT molecular complexity index is 1260. The molecule has 0 amide bonds. The number of benzene rings is 1. The van der Waals surface area contributed by atoms with Crippen molar-refractivity contribution < 1.29 is 9.29 Å². The molecule has 0 aliphatic heterocycles. The summed E-state index contributed by atoms with van der Waals surface area (Å²) in [4.78, 5) is 13.6. The molecule has 0 aliphatic rings. The van der Waals surface area contributed by atoms with Crippen LogP contribution in [0.15, 0.2) is 49.1 Å². The topological polar surface area (TPSA) is 127 Å². The highest BCUT2D eigenvalue weighted by atomic mass is 32.2. The fraction of sp³-hybridized carbons (Fsp3) is 0.273. The summed E-state index contributed by atoms with van der Waals surface area (Å²) in [6.45, 7) is 3.69. The number of hydrogen-bond acceptors (Lipinski definition) is 8. The number of hydrogen-bond donors (Lipinski definition) is 2. The van der Waals surface area contributed by atoms with Crippen LogP contribution < -0.4 is 15.2 Å². The van der Waals surface area contributed by atoms with Gasteiger partial charge in [0, 0.05) is 54.4 Å². The minimum absolute atomic E-state index is 0.408.